The number of carboxylic acid groups (broad SMARTS) is 1. The zero-order chi connectivity index (χ0) is 8.27. The molecule has 1 aromatic heterocycles. The smallest absolute Gasteiger partial charge is 0.546 e. The molecule has 1 aromatic rings. The average Bonchev–Trinajstić information content (AvgIpc) is 2.39. The van der Waals surface area contributed by atoms with Crippen LogP contribution in [-0.4, -0.2) is 12.1 Å². The van der Waals surface area contributed by atoms with Crippen LogP contribution >= 0.6 is 11.3 Å². The van der Waals surface area contributed by atoms with E-state index in [1.54, 1.807) is 11.4 Å². The van der Waals surface area contributed by atoms with E-state index < -0.39 is 12.1 Å². The fraction of sp³-hybridized carbons (Fsp3) is 0.286. The van der Waals surface area contributed by atoms with Crippen LogP contribution in [0.25, 0.3) is 0 Å². The zero-order valence-electron chi connectivity index (χ0n) is 6.94. The van der Waals surface area contributed by atoms with Gasteiger partial charge >= 0.3 is 18.9 Å². The van der Waals surface area contributed by atoms with E-state index >= 15 is 0 Å². The summed E-state index contributed by atoms with van der Waals surface area (Å²) >= 11 is 1.45. The first-order valence-corrected chi connectivity index (χ1v) is 4.04. The Hall–Kier alpha value is -0.433. The van der Waals surface area contributed by atoms with Gasteiger partial charge in [0.25, 0.3) is 0 Å². The number of carbonyl (C=O) groups excluding carboxylic acids is 1. The first-order valence-electron chi connectivity index (χ1n) is 3.10. The van der Waals surface area contributed by atoms with Gasteiger partial charge in [-0.05, 0) is 18.4 Å². The Morgan fingerprint density at radius 2 is 2.42 bits per heavy atom. The Morgan fingerprint density at radius 1 is 1.75 bits per heavy atom. The number of hydrogen-bond acceptors (Lipinski definition) is 4. The molecule has 0 spiro atoms. The van der Waals surface area contributed by atoms with Crippen molar-refractivity contribution in [2.24, 2.45) is 0 Å². The predicted molar refractivity (Wildman–Crippen MR) is 39.4 cm³/mol. The van der Waals surface area contributed by atoms with Gasteiger partial charge in [0.2, 0.25) is 0 Å². The second-order valence-electron chi connectivity index (χ2n) is 2.04. The molecule has 1 heterocycles. The maximum absolute atomic E-state index is 10.2. The molecule has 12 heavy (non-hydrogen) atoms. The van der Waals surface area contributed by atoms with E-state index in [1.807, 2.05) is 5.38 Å². The molecule has 0 bridgehead atoms. The van der Waals surface area contributed by atoms with E-state index in [1.165, 1.54) is 18.3 Å². The second-order valence-corrected chi connectivity index (χ2v) is 2.82. The quantitative estimate of drug-likeness (QED) is 0.472. The van der Waals surface area contributed by atoms with Gasteiger partial charge < -0.3 is 14.6 Å². The summed E-state index contributed by atoms with van der Waals surface area (Å²) in [5, 5.41) is 13.7. The molecule has 0 N–H and O–H groups in total. The monoisotopic (exact) mass is 178 g/mol. The Morgan fingerprint density at radius 3 is 2.83 bits per heavy atom. The SMILES string of the molecule is CC(Oc1ccsc1)C(=O)[O-].[Li+]. The van der Waals surface area contributed by atoms with Gasteiger partial charge in [-0.2, -0.15) is 0 Å². The molecule has 0 aromatic carbocycles. The van der Waals surface area contributed by atoms with Crippen LogP contribution in [0.3, 0.4) is 0 Å². The molecule has 0 radical (unpaired) electrons. The largest absolute Gasteiger partial charge is 1.00 e. The van der Waals surface area contributed by atoms with Gasteiger partial charge in [0, 0.05) is 5.38 Å². The molecule has 1 unspecified atom stereocenters. The van der Waals surface area contributed by atoms with Gasteiger partial charge in [-0.25, -0.2) is 0 Å². The van der Waals surface area contributed by atoms with Crippen LogP contribution in [0.15, 0.2) is 16.8 Å². The van der Waals surface area contributed by atoms with Crippen LogP contribution in [0.1, 0.15) is 6.92 Å². The summed E-state index contributed by atoms with van der Waals surface area (Å²) in [7, 11) is 0. The number of thiophene rings is 1. The van der Waals surface area contributed by atoms with Gasteiger partial charge in [0.15, 0.2) is 0 Å². The molecule has 1 rings (SSSR count). The molecule has 60 valence electrons. The molecule has 0 aliphatic heterocycles. The maximum atomic E-state index is 10.2. The van der Waals surface area contributed by atoms with E-state index in [-0.39, 0.29) is 18.9 Å². The minimum Gasteiger partial charge on any atom is -0.546 e. The standard InChI is InChI=1S/C7H8O3S.Li/c1-5(7(8)9)10-6-2-3-11-4-6;/h2-5H,1H3,(H,8,9);/q;+1/p-1. The van der Waals surface area contributed by atoms with Gasteiger partial charge in [-0.1, -0.05) is 0 Å². The van der Waals surface area contributed by atoms with E-state index in [2.05, 4.69) is 0 Å². The predicted octanol–water partition coefficient (Wildman–Crippen LogP) is -2.73. The van der Waals surface area contributed by atoms with Crippen molar-refractivity contribution < 1.29 is 33.5 Å². The van der Waals surface area contributed by atoms with Crippen LogP contribution < -0.4 is 28.7 Å². The topological polar surface area (TPSA) is 49.4 Å². The molecule has 0 aliphatic carbocycles. The van der Waals surface area contributed by atoms with Crippen molar-refractivity contribution in [1.29, 1.82) is 0 Å². The van der Waals surface area contributed by atoms with Crippen LogP contribution in [0.5, 0.6) is 5.75 Å². The Labute approximate surface area is 86.5 Å². The summed E-state index contributed by atoms with van der Waals surface area (Å²) in [5.41, 5.74) is 0. The number of carbonyl (C=O) groups is 1. The molecule has 5 heteroatoms. The maximum Gasteiger partial charge on any atom is 1.00 e. The summed E-state index contributed by atoms with van der Waals surface area (Å²) in [6, 6.07) is 1.71. The molecule has 0 aliphatic rings. The number of carboxylic acids is 1. The average molecular weight is 178 g/mol. The Balaban J connectivity index is 0.00000121. The van der Waals surface area contributed by atoms with Crippen molar-refractivity contribution in [3.63, 3.8) is 0 Å². The van der Waals surface area contributed by atoms with Crippen molar-refractivity contribution >= 4 is 17.3 Å². The first kappa shape index (κ1) is 11.6. The zero-order valence-corrected chi connectivity index (χ0v) is 7.76. The Kier molecular flexibility index (Phi) is 5.07. The van der Waals surface area contributed by atoms with Crippen LogP contribution in [-0.2, 0) is 4.79 Å². The molecule has 0 saturated heterocycles. The number of rotatable bonds is 3. The van der Waals surface area contributed by atoms with Crippen molar-refractivity contribution in [3.8, 4) is 5.75 Å². The van der Waals surface area contributed by atoms with Crippen LogP contribution in [0.4, 0.5) is 0 Å². The summed E-state index contributed by atoms with van der Waals surface area (Å²) in [6.45, 7) is 1.44. The number of ether oxygens (including phenoxy) is 1. The molecule has 0 fully saturated rings. The summed E-state index contributed by atoms with van der Waals surface area (Å²) < 4.78 is 4.96. The minimum absolute atomic E-state index is 0. The molecular formula is C7H7LiO3S. The van der Waals surface area contributed by atoms with Gasteiger partial charge in [-0.15, -0.1) is 11.3 Å². The van der Waals surface area contributed by atoms with Crippen LogP contribution in [0, 0.1) is 0 Å². The van der Waals surface area contributed by atoms with E-state index in [9.17, 15) is 9.90 Å². The number of hydrogen-bond donors (Lipinski definition) is 0. The molecule has 1 atom stereocenters. The van der Waals surface area contributed by atoms with E-state index in [0.717, 1.165) is 0 Å². The third-order valence-electron chi connectivity index (χ3n) is 1.14. The molecule has 3 nitrogen and oxygen atoms in total. The summed E-state index contributed by atoms with van der Waals surface area (Å²) in [6.07, 6.45) is -0.885. The molecule has 0 amide bonds. The van der Waals surface area contributed by atoms with Gasteiger partial charge in [-0.3, -0.25) is 0 Å². The van der Waals surface area contributed by atoms with E-state index in [0.29, 0.717) is 5.75 Å². The van der Waals surface area contributed by atoms with Crippen molar-refractivity contribution in [3.05, 3.63) is 16.8 Å². The fourth-order valence-corrected chi connectivity index (χ4v) is 1.13. The normalized spacial score (nSPS) is 11.4. The number of aliphatic carboxylic acids is 1. The summed E-state index contributed by atoms with van der Waals surface area (Å²) in [5.74, 6) is -0.622. The third-order valence-corrected chi connectivity index (χ3v) is 1.80. The van der Waals surface area contributed by atoms with Crippen molar-refractivity contribution in [1.82, 2.24) is 0 Å². The fourth-order valence-electron chi connectivity index (χ4n) is 0.571. The van der Waals surface area contributed by atoms with Gasteiger partial charge in [0.1, 0.15) is 11.9 Å². The van der Waals surface area contributed by atoms with Crippen molar-refractivity contribution in [2.45, 2.75) is 13.0 Å². The third kappa shape index (κ3) is 3.31. The first-order chi connectivity index (χ1) is 5.20. The second kappa shape index (κ2) is 5.25. The van der Waals surface area contributed by atoms with Crippen LogP contribution in [0.2, 0.25) is 0 Å². The van der Waals surface area contributed by atoms with E-state index in [4.69, 9.17) is 4.74 Å². The molecule has 0 saturated carbocycles. The Bertz CT molecular complexity index is 235. The summed E-state index contributed by atoms with van der Waals surface area (Å²) in [4.78, 5) is 10.2. The van der Waals surface area contributed by atoms with Gasteiger partial charge in [0.05, 0.1) is 5.97 Å². The minimum atomic E-state index is -1.20. The molecular weight excluding hydrogens is 171 g/mol. The van der Waals surface area contributed by atoms with Crippen molar-refractivity contribution in [2.75, 3.05) is 0 Å².